The van der Waals surface area contributed by atoms with Crippen LogP contribution in [-0.4, -0.2) is 43.2 Å². The zero-order chi connectivity index (χ0) is 13.0. The van der Waals surface area contributed by atoms with Gasteiger partial charge in [-0.3, -0.25) is 0 Å². The number of carbonyl (C=O) groups excluding carboxylic acids is 1. The summed E-state index contributed by atoms with van der Waals surface area (Å²) in [4.78, 5) is 14.0. The minimum atomic E-state index is 0.139. The number of nitrogens with one attached hydrogen (secondary N) is 2. The highest BCUT2D eigenvalue weighted by Gasteiger charge is 2.22. The van der Waals surface area contributed by atoms with Crippen LogP contribution in [0, 0.1) is 11.8 Å². The molecule has 2 N–H and O–H groups in total. The molecule has 2 saturated heterocycles. The quantitative estimate of drug-likeness (QED) is 0.788. The van der Waals surface area contributed by atoms with Gasteiger partial charge in [0.1, 0.15) is 0 Å². The van der Waals surface area contributed by atoms with Crippen molar-refractivity contribution in [1.29, 1.82) is 0 Å². The summed E-state index contributed by atoms with van der Waals surface area (Å²) < 4.78 is 0. The molecule has 2 atom stereocenters. The van der Waals surface area contributed by atoms with Crippen LogP contribution < -0.4 is 10.6 Å². The number of piperidine rings is 2. The number of likely N-dealkylation sites (tertiary alicyclic amines) is 1. The first-order valence-electron chi connectivity index (χ1n) is 7.41. The number of carbonyl (C=O) groups is 1. The van der Waals surface area contributed by atoms with Gasteiger partial charge in [-0.1, -0.05) is 6.92 Å². The Hall–Kier alpha value is -0.770. The van der Waals surface area contributed by atoms with Crippen LogP contribution in [0.4, 0.5) is 4.79 Å². The standard InChI is InChI=1S/C14H27N3O/c1-11-5-7-17(8-6-11)14(18)16-10-13-4-3-12(2)15-9-13/h11-13,15H,3-10H2,1-2H3,(H,16,18). The first-order chi connectivity index (χ1) is 8.65. The topological polar surface area (TPSA) is 44.4 Å². The summed E-state index contributed by atoms with van der Waals surface area (Å²) in [6, 6.07) is 0.779. The van der Waals surface area contributed by atoms with Gasteiger partial charge < -0.3 is 15.5 Å². The molecule has 4 heteroatoms. The predicted octanol–water partition coefficient (Wildman–Crippen LogP) is 1.82. The zero-order valence-electron chi connectivity index (χ0n) is 11.7. The molecule has 2 rings (SSSR count). The third kappa shape index (κ3) is 3.87. The monoisotopic (exact) mass is 253 g/mol. The first-order valence-corrected chi connectivity index (χ1v) is 7.41. The van der Waals surface area contributed by atoms with E-state index in [1.807, 2.05) is 4.90 Å². The maximum absolute atomic E-state index is 12.0. The molecule has 0 bridgehead atoms. The van der Waals surface area contributed by atoms with Gasteiger partial charge in [0.2, 0.25) is 0 Å². The van der Waals surface area contributed by atoms with Crippen molar-refractivity contribution >= 4 is 6.03 Å². The van der Waals surface area contributed by atoms with Gasteiger partial charge in [-0.05, 0) is 51.0 Å². The molecule has 2 aliphatic rings. The Morgan fingerprint density at radius 2 is 1.94 bits per heavy atom. The Balaban J connectivity index is 1.65. The molecule has 2 heterocycles. The highest BCUT2D eigenvalue weighted by atomic mass is 16.2. The number of urea groups is 1. The average molecular weight is 253 g/mol. The van der Waals surface area contributed by atoms with Crippen molar-refractivity contribution in [2.24, 2.45) is 11.8 Å². The summed E-state index contributed by atoms with van der Waals surface area (Å²) in [5.74, 6) is 1.38. The van der Waals surface area contributed by atoms with E-state index in [0.717, 1.165) is 44.9 Å². The fraction of sp³-hybridized carbons (Fsp3) is 0.929. The second-order valence-electron chi connectivity index (χ2n) is 6.11. The fourth-order valence-corrected chi connectivity index (χ4v) is 2.79. The van der Waals surface area contributed by atoms with Crippen LogP contribution in [0.25, 0.3) is 0 Å². The molecular weight excluding hydrogens is 226 g/mol. The summed E-state index contributed by atoms with van der Waals surface area (Å²) in [5.41, 5.74) is 0. The van der Waals surface area contributed by atoms with Crippen molar-refractivity contribution < 1.29 is 4.79 Å². The molecule has 0 aromatic rings. The van der Waals surface area contributed by atoms with Crippen molar-refractivity contribution in [1.82, 2.24) is 15.5 Å². The second kappa shape index (κ2) is 6.41. The minimum absolute atomic E-state index is 0.139. The van der Waals surface area contributed by atoms with Gasteiger partial charge in [-0.15, -0.1) is 0 Å². The highest BCUT2D eigenvalue weighted by Crippen LogP contribution is 2.16. The number of amides is 2. The third-order valence-electron chi connectivity index (χ3n) is 4.38. The Kier molecular flexibility index (Phi) is 4.87. The number of hydrogen-bond acceptors (Lipinski definition) is 2. The third-order valence-corrected chi connectivity index (χ3v) is 4.38. The number of rotatable bonds is 2. The normalized spacial score (nSPS) is 30.2. The van der Waals surface area contributed by atoms with E-state index >= 15 is 0 Å². The summed E-state index contributed by atoms with van der Waals surface area (Å²) >= 11 is 0. The molecule has 0 spiro atoms. The van der Waals surface area contributed by atoms with E-state index in [1.165, 1.54) is 12.8 Å². The predicted molar refractivity (Wildman–Crippen MR) is 73.6 cm³/mol. The van der Waals surface area contributed by atoms with E-state index in [4.69, 9.17) is 0 Å². The van der Waals surface area contributed by atoms with Crippen LogP contribution in [0.2, 0.25) is 0 Å². The van der Waals surface area contributed by atoms with E-state index in [0.29, 0.717) is 12.0 Å². The fourth-order valence-electron chi connectivity index (χ4n) is 2.79. The van der Waals surface area contributed by atoms with Crippen LogP contribution in [0.5, 0.6) is 0 Å². The molecule has 0 saturated carbocycles. The smallest absolute Gasteiger partial charge is 0.317 e. The molecule has 18 heavy (non-hydrogen) atoms. The van der Waals surface area contributed by atoms with Crippen LogP contribution in [0.1, 0.15) is 39.5 Å². The van der Waals surface area contributed by atoms with Gasteiger partial charge >= 0.3 is 6.03 Å². The summed E-state index contributed by atoms with van der Waals surface area (Å²) in [7, 11) is 0. The summed E-state index contributed by atoms with van der Waals surface area (Å²) in [6.45, 7) is 8.21. The molecule has 2 fully saturated rings. The Labute approximate surface area is 110 Å². The molecule has 4 nitrogen and oxygen atoms in total. The molecule has 2 amide bonds. The summed E-state index contributed by atoms with van der Waals surface area (Å²) in [6.07, 6.45) is 4.75. The largest absolute Gasteiger partial charge is 0.338 e. The van der Waals surface area contributed by atoms with E-state index in [2.05, 4.69) is 24.5 Å². The highest BCUT2D eigenvalue weighted by molar-refractivity contribution is 5.74. The van der Waals surface area contributed by atoms with Crippen molar-refractivity contribution in [3.63, 3.8) is 0 Å². The van der Waals surface area contributed by atoms with E-state index < -0.39 is 0 Å². The van der Waals surface area contributed by atoms with Crippen LogP contribution >= 0.6 is 0 Å². The lowest BCUT2D eigenvalue weighted by Crippen LogP contribution is -2.47. The molecule has 2 aliphatic heterocycles. The van der Waals surface area contributed by atoms with Crippen LogP contribution in [0.3, 0.4) is 0 Å². The molecule has 0 aromatic carbocycles. The van der Waals surface area contributed by atoms with Crippen LogP contribution in [0.15, 0.2) is 0 Å². The molecule has 0 aliphatic carbocycles. The van der Waals surface area contributed by atoms with Gasteiger partial charge in [0.25, 0.3) is 0 Å². The van der Waals surface area contributed by atoms with Gasteiger partial charge in [0.15, 0.2) is 0 Å². The molecule has 0 radical (unpaired) electrons. The van der Waals surface area contributed by atoms with E-state index in [-0.39, 0.29) is 6.03 Å². The second-order valence-corrected chi connectivity index (χ2v) is 6.11. The maximum atomic E-state index is 12.0. The van der Waals surface area contributed by atoms with Crippen molar-refractivity contribution in [2.75, 3.05) is 26.2 Å². The SMILES string of the molecule is CC1CCN(C(=O)NCC2CCC(C)NC2)CC1. The number of nitrogens with zero attached hydrogens (tertiary/aromatic N) is 1. The lowest BCUT2D eigenvalue weighted by Gasteiger charge is -2.32. The van der Waals surface area contributed by atoms with Crippen molar-refractivity contribution in [3.05, 3.63) is 0 Å². The van der Waals surface area contributed by atoms with Crippen molar-refractivity contribution in [3.8, 4) is 0 Å². The Morgan fingerprint density at radius 1 is 1.22 bits per heavy atom. The van der Waals surface area contributed by atoms with E-state index in [9.17, 15) is 4.79 Å². The first kappa shape index (κ1) is 13.7. The lowest BCUT2D eigenvalue weighted by molar-refractivity contribution is 0.171. The molecule has 0 aromatic heterocycles. The van der Waals surface area contributed by atoms with Gasteiger partial charge in [-0.25, -0.2) is 4.79 Å². The Morgan fingerprint density at radius 3 is 2.56 bits per heavy atom. The lowest BCUT2D eigenvalue weighted by atomic mass is 9.95. The van der Waals surface area contributed by atoms with Gasteiger partial charge in [0.05, 0.1) is 0 Å². The van der Waals surface area contributed by atoms with Gasteiger partial charge in [0, 0.05) is 25.7 Å². The van der Waals surface area contributed by atoms with Crippen molar-refractivity contribution in [2.45, 2.75) is 45.6 Å². The van der Waals surface area contributed by atoms with Crippen LogP contribution in [-0.2, 0) is 0 Å². The molecule has 104 valence electrons. The maximum Gasteiger partial charge on any atom is 0.317 e. The number of hydrogen-bond donors (Lipinski definition) is 2. The van der Waals surface area contributed by atoms with E-state index in [1.54, 1.807) is 0 Å². The molecular formula is C14H27N3O. The zero-order valence-corrected chi connectivity index (χ0v) is 11.7. The average Bonchev–Trinajstić information content (AvgIpc) is 2.38. The molecule has 2 unspecified atom stereocenters. The minimum Gasteiger partial charge on any atom is -0.338 e. The summed E-state index contributed by atoms with van der Waals surface area (Å²) in [5, 5.41) is 6.57. The van der Waals surface area contributed by atoms with Gasteiger partial charge in [-0.2, -0.15) is 0 Å². The Bertz CT molecular complexity index is 266.